The molecule has 2 N–H and O–H groups in total. The molecule has 0 radical (unpaired) electrons. The summed E-state index contributed by atoms with van der Waals surface area (Å²) in [6.07, 6.45) is 5.88. The largest absolute Gasteiger partial charge is 0.322 e. The van der Waals surface area contributed by atoms with Crippen molar-refractivity contribution in [3.05, 3.63) is 63.8 Å². The Hall–Kier alpha value is -4.16. The van der Waals surface area contributed by atoms with Gasteiger partial charge >= 0.3 is 0 Å². The topological polar surface area (TPSA) is 130 Å². The number of amides is 4. The molecule has 4 amide bonds. The molecule has 240 valence electrons. The Morgan fingerprint density at radius 2 is 1.87 bits per heavy atom. The maximum absolute atomic E-state index is 15.2. The van der Waals surface area contributed by atoms with Gasteiger partial charge < -0.3 is 10.2 Å². The maximum Gasteiger partial charge on any atom is 0.255 e. The first kappa shape index (κ1) is 30.5. The van der Waals surface area contributed by atoms with Gasteiger partial charge in [-0.25, -0.2) is 9.37 Å². The highest BCUT2D eigenvalue weighted by Crippen LogP contribution is 2.39. The molecule has 2 saturated heterocycles. The van der Waals surface area contributed by atoms with E-state index in [0.717, 1.165) is 29.8 Å². The van der Waals surface area contributed by atoms with Crippen LogP contribution < -0.4 is 10.6 Å². The standard InChI is InChI=1S/C33H35ClFN7O4/c1-33(2)12-27-23(13-37-42(27)17-33)22-11-28(36-14-24(22)34)38-30(44)18-5-7-40(8-6-18)15-20-9-19-16-41(32(46)21(19)10-25(20)35)26-3-4-29(43)39-31(26)45/h9-11,13-14,18,26H,3-8,12,15-17H2,1-2H3,(H,36,38,44)(H,39,43,45). The molecule has 1 atom stereocenters. The van der Waals surface area contributed by atoms with E-state index in [0.29, 0.717) is 54.4 Å². The van der Waals surface area contributed by atoms with E-state index in [-0.39, 0.29) is 48.1 Å². The molecule has 0 spiro atoms. The molecule has 13 heteroatoms. The van der Waals surface area contributed by atoms with E-state index in [1.54, 1.807) is 18.3 Å². The number of rotatable bonds is 6. The number of piperidine rings is 2. The number of nitrogens with zero attached hydrogens (tertiary/aromatic N) is 5. The Labute approximate surface area is 270 Å². The summed E-state index contributed by atoms with van der Waals surface area (Å²) >= 11 is 6.54. The quantitative estimate of drug-likeness (QED) is 0.388. The van der Waals surface area contributed by atoms with Crippen molar-refractivity contribution >= 4 is 41.0 Å². The minimum Gasteiger partial charge on any atom is -0.322 e. The van der Waals surface area contributed by atoms with E-state index in [4.69, 9.17) is 11.6 Å². The monoisotopic (exact) mass is 647 g/mol. The summed E-state index contributed by atoms with van der Waals surface area (Å²) in [5, 5.41) is 10.3. The van der Waals surface area contributed by atoms with Gasteiger partial charge in [0.15, 0.2) is 0 Å². The summed E-state index contributed by atoms with van der Waals surface area (Å²) in [6.45, 7) is 7.00. The summed E-state index contributed by atoms with van der Waals surface area (Å²) in [5.41, 5.74) is 4.37. The van der Waals surface area contributed by atoms with Crippen molar-refractivity contribution in [2.24, 2.45) is 11.3 Å². The van der Waals surface area contributed by atoms with E-state index >= 15 is 4.39 Å². The van der Waals surface area contributed by atoms with E-state index in [2.05, 4.69) is 39.5 Å². The van der Waals surface area contributed by atoms with Crippen LogP contribution in [-0.4, -0.2) is 67.3 Å². The number of imide groups is 1. The first-order chi connectivity index (χ1) is 22.0. The lowest BCUT2D eigenvalue weighted by Crippen LogP contribution is -2.52. The van der Waals surface area contributed by atoms with Crippen LogP contribution in [0.4, 0.5) is 10.2 Å². The van der Waals surface area contributed by atoms with Crippen LogP contribution >= 0.6 is 11.6 Å². The zero-order valence-corrected chi connectivity index (χ0v) is 26.5. The summed E-state index contributed by atoms with van der Waals surface area (Å²) in [5.74, 6) is -1.63. The van der Waals surface area contributed by atoms with Gasteiger partial charge in [-0.2, -0.15) is 5.10 Å². The lowest BCUT2D eigenvalue weighted by atomic mass is 9.89. The average molecular weight is 648 g/mol. The number of anilines is 1. The molecule has 1 unspecified atom stereocenters. The SMILES string of the molecule is CC1(C)Cc2c(-c3cc(NC(=O)C4CCN(Cc5cc6c(cc5F)C(=O)N(C5CCC(=O)NC5=O)C6)CC4)ncc3Cl)cnn2C1. The summed E-state index contributed by atoms with van der Waals surface area (Å²) < 4.78 is 17.2. The molecular weight excluding hydrogens is 613 g/mol. The van der Waals surface area contributed by atoms with Gasteiger partial charge in [0.2, 0.25) is 17.7 Å². The molecule has 3 aromatic rings. The Morgan fingerprint density at radius 1 is 1.09 bits per heavy atom. The fourth-order valence-corrected chi connectivity index (χ4v) is 7.38. The van der Waals surface area contributed by atoms with Gasteiger partial charge in [-0.05, 0) is 68.0 Å². The minimum atomic E-state index is -0.747. The Balaban J connectivity index is 0.963. The lowest BCUT2D eigenvalue weighted by Gasteiger charge is -2.31. The Morgan fingerprint density at radius 3 is 2.63 bits per heavy atom. The van der Waals surface area contributed by atoms with E-state index in [1.165, 1.54) is 11.0 Å². The highest BCUT2D eigenvalue weighted by Gasteiger charge is 2.40. The molecule has 0 aliphatic carbocycles. The van der Waals surface area contributed by atoms with Crippen LogP contribution in [0.15, 0.2) is 30.6 Å². The molecule has 2 fully saturated rings. The molecule has 0 bridgehead atoms. The third kappa shape index (κ3) is 5.68. The molecule has 11 nitrogen and oxygen atoms in total. The molecule has 6 heterocycles. The second kappa shape index (κ2) is 11.6. The van der Waals surface area contributed by atoms with Gasteiger partial charge in [-0.1, -0.05) is 25.4 Å². The highest BCUT2D eigenvalue weighted by molar-refractivity contribution is 6.33. The molecule has 4 aliphatic rings. The number of pyridine rings is 1. The zero-order chi connectivity index (χ0) is 32.3. The summed E-state index contributed by atoms with van der Waals surface area (Å²) in [4.78, 5) is 58.0. The highest BCUT2D eigenvalue weighted by atomic mass is 35.5. The molecule has 2 aromatic heterocycles. The van der Waals surface area contributed by atoms with E-state index in [9.17, 15) is 19.2 Å². The van der Waals surface area contributed by atoms with Gasteiger partial charge in [0.1, 0.15) is 17.7 Å². The normalized spacial score (nSPS) is 21.3. The summed E-state index contributed by atoms with van der Waals surface area (Å²) in [6, 6.07) is 4.02. The summed E-state index contributed by atoms with van der Waals surface area (Å²) in [7, 11) is 0. The van der Waals surface area contributed by atoms with Crippen molar-refractivity contribution in [2.75, 3.05) is 18.4 Å². The third-order valence-corrected chi connectivity index (χ3v) is 9.91. The minimum absolute atomic E-state index is 0.113. The van der Waals surface area contributed by atoms with Crippen LogP contribution in [0.2, 0.25) is 5.02 Å². The van der Waals surface area contributed by atoms with Crippen molar-refractivity contribution < 1.29 is 23.6 Å². The van der Waals surface area contributed by atoms with Crippen molar-refractivity contribution in [3.63, 3.8) is 0 Å². The number of carbonyl (C=O) groups is 4. The molecule has 46 heavy (non-hydrogen) atoms. The van der Waals surface area contributed by atoms with Crippen LogP contribution in [0.1, 0.15) is 66.7 Å². The first-order valence-electron chi connectivity index (χ1n) is 15.7. The second-order valence-electron chi connectivity index (χ2n) is 13.6. The first-order valence-corrected chi connectivity index (χ1v) is 16.0. The van der Waals surface area contributed by atoms with Crippen molar-refractivity contribution in [2.45, 2.75) is 71.6 Å². The fourth-order valence-electron chi connectivity index (χ4n) is 7.17. The second-order valence-corrected chi connectivity index (χ2v) is 14.0. The number of likely N-dealkylation sites (tertiary alicyclic amines) is 1. The molecule has 1 aromatic carbocycles. The van der Waals surface area contributed by atoms with E-state index in [1.807, 2.05) is 10.9 Å². The Kier molecular flexibility index (Phi) is 7.67. The number of benzene rings is 1. The molecule has 0 saturated carbocycles. The third-order valence-electron chi connectivity index (χ3n) is 9.61. The van der Waals surface area contributed by atoms with Crippen LogP contribution in [0.25, 0.3) is 11.1 Å². The van der Waals surface area contributed by atoms with Gasteiger partial charge in [0.25, 0.3) is 5.91 Å². The van der Waals surface area contributed by atoms with Crippen LogP contribution in [0, 0.1) is 17.2 Å². The lowest BCUT2D eigenvalue weighted by molar-refractivity contribution is -0.137. The van der Waals surface area contributed by atoms with Crippen LogP contribution in [0.5, 0.6) is 0 Å². The number of hydrogen-bond acceptors (Lipinski definition) is 7. The fraction of sp³-hybridized carbons (Fsp3) is 0.455. The predicted molar refractivity (Wildman–Crippen MR) is 167 cm³/mol. The predicted octanol–water partition coefficient (Wildman–Crippen LogP) is 3.93. The van der Waals surface area contributed by atoms with Crippen molar-refractivity contribution in [1.29, 1.82) is 0 Å². The van der Waals surface area contributed by atoms with Gasteiger partial charge in [-0.3, -0.25) is 34.1 Å². The maximum atomic E-state index is 15.2. The number of aromatic nitrogens is 3. The number of halogens is 2. The number of hydrogen-bond donors (Lipinski definition) is 2. The molecular formula is C33H35ClFN7O4. The van der Waals surface area contributed by atoms with Gasteiger partial charge in [0.05, 0.1) is 11.2 Å². The molecule has 4 aliphatic heterocycles. The van der Waals surface area contributed by atoms with Crippen LogP contribution in [0.3, 0.4) is 0 Å². The van der Waals surface area contributed by atoms with Crippen LogP contribution in [-0.2, 0) is 40.4 Å². The smallest absolute Gasteiger partial charge is 0.255 e. The molecule has 7 rings (SSSR count). The van der Waals surface area contributed by atoms with Gasteiger partial charge in [0, 0.05) is 66.1 Å². The number of fused-ring (bicyclic) bond motifs is 2. The van der Waals surface area contributed by atoms with Crippen molar-refractivity contribution in [1.82, 2.24) is 29.9 Å². The zero-order valence-electron chi connectivity index (χ0n) is 25.7. The average Bonchev–Trinajstić information content (AvgIpc) is 3.63. The Bertz CT molecular complexity index is 1780. The number of carbonyl (C=O) groups excluding carboxylic acids is 4. The van der Waals surface area contributed by atoms with E-state index < -0.39 is 23.7 Å². The van der Waals surface area contributed by atoms with Gasteiger partial charge in [-0.15, -0.1) is 0 Å². The number of nitrogens with one attached hydrogen (secondary N) is 2. The van der Waals surface area contributed by atoms with Crippen molar-refractivity contribution in [3.8, 4) is 11.1 Å².